The minimum absolute atomic E-state index is 0.0510. The molecule has 1 unspecified atom stereocenters. The molecular weight excluding hydrogens is 348 g/mol. The second-order valence-corrected chi connectivity index (χ2v) is 7.61. The number of carbonyl (C=O) groups excluding carboxylic acids is 1. The number of rotatable bonds is 6. The molecule has 2 N–H and O–H groups in total. The zero-order chi connectivity index (χ0) is 19.5. The number of fused-ring (bicyclic) bond motifs is 1. The highest BCUT2D eigenvalue weighted by molar-refractivity contribution is 5.86. The van der Waals surface area contributed by atoms with Gasteiger partial charge in [-0.2, -0.15) is 0 Å². The van der Waals surface area contributed by atoms with Gasteiger partial charge >= 0.3 is 0 Å². The van der Waals surface area contributed by atoms with Crippen molar-refractivity contribution in [1.29, 1.82) is 0 Å². The molecule has 0 bridgehead atoms. The van der Waals surface area contributed by atoms with Crippen LogP contribution in [0.15, 0.2) is 42.7 Å². The van der Waals surface area contributed by atoms with Gasteiger partial charge in [-0.25, -0.2) is 0 Å². The highest BCUT2D eigenvalue weighted by atomic mass is 16.2. The fraction of sp³-hybridized carbons (Fsp3) is 0.391. The van der Waals surface area contributed by atoms with Gasteiger partial charge in [0.15, 0.2) is 0 Å². The Morgan fingerprint density at radius 3 is 2.82 bits per heavy atom. The highest BCUT2D eigenvalue weighted by Gasteiger charge is 2.29. The van der Waals surface area contributed by atoms with Crippen molar-refractivity contribution in [2.45, 2.75) is 45.7 Å². The first-order chi connectivity index (χ1) is 13.7. The molecule has 5 heteroatoms. The number of H-pyrrole nitrogens is 1. The number of likely N-dealkylation sites (tertiary alicyclic amines) is 1. The summed E-state index contributed by atoms with van der Waals surface area (Å²) >= 11 is 0. The number of aromatic amines is 1. The minimum atomic E-state index is -0.263. The zero-order valence-electron chi connectivity index (χ0n) is 16.7. The molecule has 0 radical (unpaired) electrons. The second-order valence-electron chi connectivity index (χ2n) is 7.61. The monoisotopic (exact) mass is 376 g/mol. The van der Waals surface area contributed by atoms with Crippen LogP contribution in [0.2, 0.25) is 0 Å². The average Bonchev–Trinajstić information content (AvgIpc) is 3.36. The summed E-state index contributed by atoms with van der Waals surface area (Å²) in [6.45, 7) is 6.77. The number of nitrogens with one attached hydrogen (secondary N) is 2. The topological polar surface area (TPSA) is 61.0 Å². The molecular formula is C23H28N4O. The Morgan fingerprint density at radius 2 is 2.11 bits per heavy atom. The van der Waals surface area contributed by atoms with E-state index < -0.39 is 0 Å². The van der Waals surface area contributed by atoms with E-state index in [1.165, 1.54) is 16.6 Å². The van der Waals surface area contributed by atoms with Gasteiger partial charge < -0.3 is 10.3 Å². The smallest absolute Gasteiger partial charge is 0.242 e. The van der Waals surface area contributed by atoms with Crippen LogP contribution >= 0.6 is 0 Å². The Morgan fingerprint density at radius 1 is 1.29 bits per heavy atom. The van der Waals surface area contributed by atoms with Crippen LogP contribution in [0.1, 0.15) is 48.2 Å². The van der Waals surface area contributed by atoms with Crippen LogP contribution in [0.25, 0.3) is 10.9 Å². The van der Waals surface area contributed by atoms with Crippen LogP contribution in [-0.2, 0) is 17.8 Å². The Labute approximate surface area is 166 Å². The maximum absolute atomic E-state index is 13.1. The summed E-state index contributed by atoms with van der Waals surface area (Å²) in [5, 5.41) is 4.40. The first-order valence-electron chi connectivity index (χ1n) is 10.2. The fourth-order valence-corrected chi connectivity index (χ4v) is 4.24. The highest BCUT2D eigenvalue weighted by Crippen LogP contribution is 2.26. The predicted octanol–water partition coefficient (Wildman–Crippen LogP) is 3.89. The summed E-state index contributed by atoms with van der Waals surface area (Å²) in [5.41, 5.74) is 5.83. The van der Waals surface area contributed by atoms with E-state index in [1.807, 2.05) is 18.3 Å². The van der Waals surface area contributed by atoms with Crippen molar-refractivity contribution in [3.8, 4) is 0 Å². The third-order valence-electron chi connectivity index (χ3n) is 5.80. The molecule has 0 aliphatic carbocycles. The van der Waals surface area contributed by atoms with Crippen LogP contribution in [-0.4, -0.2) is 33.9 Å². The standard InChI is InChI=1S/C23H28N4O/c1-3-20-16(2)19-13-17(8-9-21(19)26-20)14-25-23(28)22(27-11-4-5-12-27)18-7-6-10-24-15-18/h6-10,13,15,22,26H,3-5,11-12,14H2,1-2H3,(H,25,28). The second kappa shape index (κ2) is 8.15. The van der Waals surface area contributed by atoms with Crippen molar-refractivity contribution in [1.82, 2.24) is 20.2 Å². The molecule has 1 amide bonds. The van der Waals surface area contributed by atoms with Crippen molar-refractivity contribution >= 4 is 16.8 Å². The molecule has 1 atom stereocenters. The lowest BCUT2D eigenvalue weighted by molar-refractivity contribution is -0.126. The molecule has 4 rings (SSSR count). The molecule has 1 fully saturated rings. The lowest BCUT2D eigenvalue weighted by atomic mass is 10.1. The number of hydrogen-bond donors (Lipinski definition) is 2. The quantitative estimate of drug-likeness (QED) is 0.686. The summed E-state index contributed by atoms with van der Waals surface area (Å²) in [7, 11) is 0. The third-order valence-corrected chi connectivity index (χ3v) is 5.80. The van der Waals surface area contributed by atoms with E-state index in [0.717, 1.165) is 49.0 Å². The molecule has 2 aromatic heterocycles. The van der Waals surface area contributed by atoms with Gasteiger partial charge in [0.05, 0.1) is 0 Å². The largest absolute Gasteiger partial charge is 0.358 e. The molecule has 146 valence electrons. The van der Waals surface area contributed by atoms with Gasteiger partial charge in [0, 0.05) is 35.5 Å². The number of amides is 1. The normalized spacial score (nSPS) is 15.8. The van der Waals surface area contributed by atoms with Crippen LogP contribution < -0.4 is 5.32 Å². The van der Waals surface area contributed by atoms with E-state index in [0.29, 0.717) is 6.54 Å². The molecule has 1 aliphatic rings. The summed E-state index contributed by atoms with van der Waals surface area (Å²) in [6, 6.07) is 10.0. The van der Waals surface area contributed by atoms with Crippen molar-refractivity contribution in [3.63, 3.8) is 0 Å². The third kappa shape index (κ3) is 3.67. The Balaban J connectivity index is 1.51. The number of carbonyl (C=O) groups is 1. The molecule has 1 aliphatic heterocycles. The number of nitrogens with zero attached hydrogens (tertiary/aromatic N) is 2. The van der Waals surface area contributed by atoms with E-state index in [2.05, 4.69) is 52.2 Å². The predicted molar refractivity (Wildman–Crippen MR) is 112 cm³/mol. The lowest BCUT2D eigenvalue weighted by Crippen LogP contribution is -2.39. The summed E-state index contributed by atoms with van der Waals surface area (Å²) in [5.74, 6) is 0.0510. The van der Waals surface area contributed by atoms with Crippen molar-refractivity contribution in [2.24, 2.45) is 0 Å². The molecule has 28 heavy (non-hydrogen) atoms. The molecule has 1 aromatic carbocycles. The van der Waals surface area contributed by atoms with E-state index >= 15 is 0 Å². The number of benzene rings is 1. The van der Waals surface area contributed by atoms with Crippen molar-refractivity contribution in [2.75, 3.05) is 13.1 Å². The van der Waals surface area contributed by atoms with E-state index in [1.54, 1.807) is 6.20 Å². The zero-order valence-corrected chi connectivity index (χ0v) is 16.7. The van der Waals surface area contributed by atoms with Gasteiger partial charge in [-0.3, -0.25) is 14.7 Å². The van der Waals surface area contributed by atoms with Gasteiger partial charge in [-0.05, 0) is 74.2 Å². The number of hydrogen-bond acceptors (Lipinski definition) is 3. The summed E-state index contributed by atoms with van der Waals surface area (Å²) < 4.78 is 0. The van der Waals surface area contributed by atoms with Crippen LogP contribution in [0.5, 0.6) is 0 Å². The Kier molecular flexibility index (Phi) is 5.44. The van der Waals surface area contributed by atoms with Gasteiger partial charge in [-0.15, -0.1) is 0 Å². The molecule has 1 saturated heterocycles. The number of pyridine rings is 1. The lowest BCUT2D eigenvalue weighted by Gasteiger charge is -2.26. The first-order valence-corrected chi connectivity index (χ1v) is 10.2. The molecule has 5 nitrogen and oxygen atoms in total. The Bertz CT molecular complexity index is 957. The first kappa shape index (κ1) is 18.7. The number of aryl methyl sites for hydroxylation is 2. The molecule has 0 spiro atoms. The van der Waals surface area contributed by atoms with Crippen molar-refractivity contribution < 1.29 is 4.79 Å². The number of aromatic nitrogens is 2. The average molecular weight is 377 g/mol. The molecule has 0 saturated carbocycles. The van der Waals surface area contributed by atoms with Crippen LogP contribution in [0.4, 0.5) is 0 Å². The summed E-state index contributed by atoms with van der Waals surface area (Å²) in [6.07, 6.45) is 6.85. The van der Waals surface area contributed by atoms with Crippen LogP contribution in [0.3, 0.4) is 0 Å². The fourth-order valence-electron chi connectivity index (χ4n) is 4.24. The van der Waals surface area contributed by atoms with E-state index in [4.69, 9.17) is 0 Å². The maximum atomic E-state index is 13.1. The SMILES string of the molecule is CCc1[nH]c2ccc(CNC(=O)C(c3cccnc3)N3CCCC3)cc2c1C. The van der Waals surface area contributed by atoms with Crippen LogP contribution in [0, 0.1) is 6.92 Å². The summed E-state index contributed by atoms with van der Waals surface area (Å²) in [4.78, 5) is 23.1. The van der Waals surface area contributed by atoms with Gasteiger partial charge in [0.1, 0.15) is 6.04 Å². The van der Waals surface area contributed by atoms with E-state index in [-0.39, 0.29) is 11.9 Å². The van der Waals surface area contributed by atoms with Crippen molar-refractivity contribution in [3.05, 3.63) is 65.1 Å². The minimum Gasteiger partial charge on any atom is -0.358 e. The maximum Gasteiger partial charge on any atom is 0.242 e. The Hall–Kier alpha value is -2.66. The van der Waals surface area contributed by atoms with Gasteiger partial charge in [0.2, 0.25) is 5.91 Å². The van der Waals surface area contributed by atoms with E-state index in [9.17, 15) is 4.79 Å². The molecule has 3 aromatic rings. The molecule has 3 heterocycles. The van der Waals surface area contributed by atoms with Gasteiger partial charge in [0.25, 0.3) is 0 Å². The van der Waals surface area contributed by atoms with Gasteiger partial charge in [-0.1, -0.05) is 19.1 Å².